The second-order valence-corrected chi connectivity index (χ2v) is 10.1. The summed E-state index contributed by atoms with van der Waals surface area (Å²) >= 11 is 8.57. The average molecular weight is 542 g/mol. The van der Waals surface area contributed by atoms with E-state index in [1.165, 1.54) is 12.1 Å². The van der Waals surface area contributed by atoms with Gasteiger partial charge in [-0.15, -0.1) is 0 Å². The Morgan fingerprint density at radius 2 is 2.00 bits per heavy atom. The van der Waals surface area contributed by atoms with Crippen molar-refractivity contribution >= 4 is 54.9 Å². The molecule has 8 nitrogen and oxygen atoms in total. The normalized spacial score (nSPS) is 15.9. The number of thiocarbonyl (C=S) groups is 1. The van der Waals surface area contributed by atoms with Crippen LogP contribution in [0.5, 0.6) is 5.75 Å². The molecule has 2 aromatic rings. The van der Waals surface area contributed by atoms with Crippen LogP contribution < -0.4 is 20.1 Å². The van der Waals surface area contributed by atoms with Gasteiger partial charge in [0.2, 0.25) is 10.0 Å². The fraction of sp³-hybridized carbons (Fsp3) is 0.333. The maximum atomic E-state index is 12.6. The van der Waals surface area contributed by atoms with E-state index in [-0.39, 0.29) is 22.7 Å². The van der Waals surface area contributed by atoms with E-state index in [4.69, 9.17) is 21.7 Å². The lowest BCUT2D eigenvalue weighted by molar-refractivity contribution is 0.0974. The lowest BCUT2D eigenvalue weighted by Gasteiger charge is -2.14. The van der Waals surface area contributed by atoms with Gasteiger partial charge in [0.15, 0.2) is 5.11 Å². The van der Waals surface area contributed by atoms with E-state index in [1.807, 2.05) is 6.92 Å². The summed E-state index contributed by atoms with van der Waals surface area (Å²) in [7, 11) is -3.64. The highest BCUT2D eigenvalue weighted by Crippen LogP contribution is 2.23. The molecule has 1 atom stereocenters. The lowest BCUT2D eigenvalue weighted by atomic mass is 10.2. The van der Waals surface area contributed by atoms with Crippen LogP contribution in [0.2, 0.25) is 0 Å². The molecule has 0 saturated carbocycles. The molecule has 0 aliphatic carbocycles. The predicted octanol–water partition coefficient (Wildman–Crippen LogP) is 3.43. The number of anilines is 1. The first kappa shape index (κ1) is 24.6. The number of sulfonamides is 1. The minimum atomic E-state index is -3.64. The molecule has 1 heterocycles. The van der Waals surface area contributed by atoms with Crippen molar-refractivity contribution in [2.75, 3.05) is 25.1 Å². The molecule has 1 fully saturated rings. The van der Waals surface area contributed by atoms with Crippen molar-refractivity contribution in [1.29, 1.82) is 0 Å². The van der Waals surface area contributed by atoms with Crippen LogP contribution >= 0.6 is 28.1 Å². The first-order chi connectivity index (χ1) is 15.3. The minimum Gasteiger partial charge on any atom is -0.493 e. The smallest absolute Gasteiger partial charge is 0.261 e. The molecule has 1 amide bonds. The van der Waals surface area contributed by atoms with Crippen LogP contribution in [0.25, 0.3) is 0 Å². The molecule has 1 aliphatic heterocycles. The third kappa shape index (κ3) is 6.72. The van der Waals surface area contributed by atoms with Crippen LogP contribution in [0.3, 0.4) is 0 Å². The van der Waals surface area contributed by atoms with Gasteiger partial charge in [-0.05, 0) is 74.4 Å². The van der Waals surface area contributed by atoms with Crippen molar-refractivity contribution in [3.8, 4) is 5.75 Å². The lowest BCUT2D eigenvalue weighted by Crippen LogP contribution is -2.34. The molecule has 0 spiro atoms. The van der Waals surface area contributed by atoms with Gasteiger partial charge in [-0.25, -0.2) is 13.1 Å². The van der Waals surface area contributed by atoms with E-state index >= 15 is 0 Å². The van der Waals surface area contributed by atoms with Gasteiger partial charge in [0, 0.05) is 23.3 Å². The number of hydrogen-bond acceptors (Lipinski definition) is 6. The fourth-order valence-corrected chi connectivity index (χ4v) is 4.74. The first-order valence-corrected chi connectivity index (χ1v) is 12.7. The molecule has 0 radical (unpaired) electrons. The summed E-state index contributed by atoms with van der Waals surface area (Å²) in [5.74, 6) is 0.0193. The number of halogens is 1. The SMILES string of the molecule is CCOc1ccc(Br)cc1C(=O)NC(=S)Nc1ccc(S(=O)(=O)NCC2CCCO2)cc1. The number of rotatable bonds is 8. The van der Waals surface area contributed by atoms with Gasteiger partial charge >= 0.3 is 0 Å². The van der Waals surface area contributed by atoms with E-state index < -0.39 is 15.9 Å². The standard InChI is InChI=1S/C21H24BrN3O5S2/c1-2-29-19-10-5-14(22)12-18(19)20(26)25-21(31)24-15-6-8-17(9-7-15)32(27,28)23-13-16-4-3-11-30-16/h5-10,12,16,23H,2-4,11,13H2,1H3,(H2,24,25,26,31). The van der Waals surface area contributed by atoms with Gasteiger partial charge in [0.05, 0.1) is 23.2 Å². The van der Waals surface area contributed by atoms with Gasteiger partial charge in [0.25, 0.3) is 5.91 Å². The highest BCUT2D eigenvalue weighted by molar-refractivity contribution is 9.10. The number of amides is 1. The summed E-state index contributed by atoms with van der Waals surface area (Å²) in [6.07, 6.45) is 1.71. The third-order valence-corrected chi connectivity index (χ3v) is 6.80. The van der Waals surface area contributed by atoms with Crippen LogP contribution in [0.1, 0.15) is 30.1 Å². The van der Waals surface area contributed by atoms with E-state index in [9.17, 15) is 13.2 Å². The van der Waals surface area contributed by atoms with Crippen LogP contribution in [-0.4, -0.2) is 45.3 Å². The molecular weight excluding hydrogens is 518 g/mol. The van der Waals surface area contributed by atoms with Crippen molar-refractivity contribution in [2.45, 2.75) is 30.8 Å². The van der Waals surface area contributed by atoms with Crippen molar-refractivity contribution in [2.24, 2.45) is 0 Å². The maximum absolute atomic E-state index is 12.6. The Balaban J connectivity index is 1.58. The summed E-state index contributed by atoms with van der Waals surface area (Å²) in [5, 5.41) is 5.55. The zero-order chi connectivity index (χ0) is 23.1. The molecule has 1 aliphatic rings. The largest absolute Gasteiger partial charge is 0.493 e. The molecular formula is C21H24BrN3O5S2. The number of nitrogens with one attached hydrogen (secondary N) is 3. The number of hydrogen-bond donors (Lipinski definition) is 3. The van der Waals surface area contributed by atoms with Crippen molar-refractivity contribution in [1.82, 2.24) is 10.0 Å². The average Bonchev–Trinajstić information content (AvgIpc) is 3.28. The number of carbonyl (C=O) groups is 1. The second kappa shape index (κ2) is 11.2. The number of ether oxygens (including phenoxy) is 2. The quantitative estimate of drug-likeness (QED) is 0.439. The topological polar surface area (TPSA) is 106 Å². The van der Waals surface area contributed by atoms with E-state index in [2.05, 4.69) is 31.3 Å². The highest BCUT2D eigenvalue weighted by Gasteiger charge is 2.20. The summed E-state index contributed by atoms with van der Waals surface area (Å²) in [6, 6.07) is 11.2. The zero-order valence-electron chi connectivity index (χ0n) is 17.4. The van der Waals surface area contributed by atoms with E-state index in [0.717, 1.165) is 17.3 Å². The third-order valence-electron chi connectivity index (χ3n) is 4.66. The summed E-state index contributed by atoms with van der Waals surface area (Å²) < 4.78 is 39.1. The molecule has 172 valence electrons. The fourth-order valence-electron chi connectivity index (χ4n) is 3.10. The van der Waals surface area contributed by atoms with Gasteiger partial charge < -0.3 is 14.8 Å². The zero-order valence-corrected chi connectivity index (χ0v) is 20.6. The van der Waals surface area contributed by atoms with Crippen molar-refractivity contribution in [3.63, 3.8) is 0 Å². The highest BCUT2D eigenvalue weighted by atomic mass is 79.9. The molecule has 2 aromatic carbocycles. The molecule has 0 bridgehead atoms. The van der Waals surface area contributed by atoms with Gasteiger partial charge in [-0.1, -0.05) is 15.9 Å². The maximum Gasteiger partial charge on any atom is 0.261 e. The second-order valence-electron chi connectivity index (χ2n) is 6.99. The van der Waals surface area contributed by atoms with Crippen molar-refractivity contribution in [3.05, 3.63) is 52.5 Å². The molecule has 1 saturated heterocycles. The molecule has 3 N–H and O–H groups in total. The van der Waals surface area contributed by atoms with Gasteiger partial charge in [-0.3, -0.25) is 10.1 Å². The Hall–Kier alpha value is -2.05. The molecule has 3 rings (SSSR count). The van der Waals surface area contributed by atoms with Gasteiger partial charge in [-0.2, -0.15) is 0 Å². The van der Waals surface area contributed by atoms with Crippen LogP contribution in [-0.2, 0) is 14.8 Å². The first-order valence-electron chi connectivity index (χ1n) is 10.0. The summed E-state index contributed by atoms with van der Waals surface area (Å²) in [5.41, 5.74) is 0.872. The van der Waals surface area contributed by atoms with Crippen LogP contribution in [0, 0.1) is 0 Å². The Kier molecular flexibility index (Phi) is 8.60. The van der Waals surface area contributed by atoms with Gasteiger partial charge in [0.1, 0.15) is 5.75 Å². The molecule has 11 heteroatoms. The summed E-state index contributed by atoms with van der Waals surface area (Å²) in [4.78, 5) is 12.8. The Labute approximate surface area is 201 Å². The molecule has 32 heavy (non-hydrogen) atoms. The molecule has 0 aromatic heterocycles. The number of carbonyl (C=O) groups excluding carboxylic acids is 1. The Morgan fingerprint density at radius 1 is 1.25 bits per heavy atom. The van der Waals surface area contributed by atoms with E-state index in [0.29, 0.717) is 30.2 Å². The Bertz CT molecular complexity index is 1070. The monoisotopic (exact) mass is 541 g/mol. The van der Waals surface area contributed by atoms with Crippen molar-refractivity contribution < 1.29 is 22.7 Å². The Morgan fingerprint density at radius 3 is 2.66 bits per heavy atom. The van der Waals surface area contributed by atoms with Crippen LogP contribution in [0.15, 0.2) is 51.8 Å². The minimum absolute atomic E-state index is 0.0736. The summed E-state index contributed by atoms with van der Waals surface area (Å²) in [6.45, 7) is 3.16. The van der Waals surface area contributed by atoms with Crippen LogP contribution in [0.4, 0.5) is 5.69 Å². The predicted molar refractivity (Wildman–Crippen MR) is 130 cm³/mol. The number of benzene rings is 2. The molecule has 1 unspecified atom stereocenters. The van der Waals surface area contributed by atoms with E-state index in [1.54, 1.807) is 30.3 Å².